The molecule has 1 aliphatic heterocycles. The van der Waals surface area contributed by atoms with Crippen LogP contribution in [0.5, 0.6) is 0 Å². The van der Waals surface area contributed by atoms with Crippen LogP contribution in [0.25, 0.3) is 0 Å². The maximum absolute atomic E-state index is 6.04. The SMILES string of the molecule is CCC1CNC(C(C)C)CN1c1ccc(Cl)cc1Br. The second-order valence-corrected chi connectivity index (χ2v) is 6.86. The zero-order valence-electron chi connectivity index (χ0n) is 11.8. The van der Waals surface area contributed by atoms with Gasteiger partial charge in [-0.2, -0.15) is 0 Å². The Bertz CT molecular complexity index is 436. The number of hydrogen-bond acceptors (Lipinski definition) is 2. The van der Waals surface area contributed by atoms with E-state index >= 15 is 0 Å². The highest BCUT2D eigenvalue weighted by Gasteiger charge is 2.29. The van der Waals surface area contributed by atoms with E-state index in [0.717, 1.165) is 29.0 Å². The van der Waals surface area contributed by atoms with Crippen LogP contribution >= 0.6 is 27.5 Å². The fourth-order valence-corrected chi connectivity index (χ4v) is 3.55. The van der Waals surface area contributed by atoms with Crippen molar-refractivity contribution in [3.8, 4) is 0 Å². The number of halogens is 2. The van der Waals surface area contributed by atoms with Crippen LogP contribution in [-0.4, -0.2) is 25.2 Å². The van der Waals surface area contributed by atoms with Gasteiger partial charge in [0.25, 0.3) is 0 Å². The van der Waals surface area contributed by atoms with Gasteiger partial charge < -0.3 is 10.2 Å². The number of piperazine rings is 1. The molecule has 0 amide bonds. The number of nitrogens with one attached hydrogen (secondary N) is 1. The summed E-state index contributed by atoms with van der Waals surface area (Å²) >= 11 is 9.69. The van der Waals surface area contributed by atoms with E-state index in [0.29, 0.717) is 18.0 Å². The topological polar surface area (TPSA) is 15.3 Å². The van der Waals surface area contributed by atoms with Gasteiger partial charge in [0.1, 0.15) is 0 Å². The highest BCUT2D eigenvalue weighted by molar-refractivity contribution is 9.10. The second-order valence-electron chi connectivity index (χ2n) is 5.57. The molecule has 0 spiro atoms. The third-order valence-corrected chi connectivity index (χ3v) is 4.82. The van der Waals surface area contributed by atoms with E-state index in [1.165, 1.54) is 5.69 Å². The standard InChI is InChI=1S/C15H22BrClN2/c1-4-12-8-18-14(10(2)3)9-19(12)15-6-5-11(17)7-13(15)16/h5-7,10,12,14,18H,4,8-9H2,1-3H3. The van der Waals surface area contributed by atoms with Gasteiger partial charge in [0, 0.05) is 34.7 Å². The molecule has 2 rings (SSSR count). The van der Waals surface area contributed by atoms with Crippen molar-refractivity contribution >= 4 is 33.2 Å². The van der Waals surface area contributed by atoms with Gasteiger partial charge >= 0.3 is 0 Å². The minimum atomic E-state index is 0.547. The van der Waals surface area contributed by atoms with Gasteiger partial charge in [-0.05, 0) is 46.5 Å². The molecule has 1 aromatic rings. The van der Waals surface area contributed by atoms with E-state index in [2.05, 4.69) is 53.0 Å². The molecule has 1 aliphatic rings. The molecule has 2 nitrogen and oxygen atoms in total. The van der Waals surface area contributed by atoms with Crippen molar-refractivity contribution in [1.29, 1.82) is 0 Å². The van der Waals surface area contributed by atoms with Crippen LogP contribution in [0.15, 0.2) is 22.7 Å². The first kappa shape index (κ1) is 15.1. The van der Waals surface area contributed by atoms with Gasteiger partial charge in [0.15, 0.2) is 0 Å². The summed E-state index contributed by atoms with van der Waals surface area (Å²) in [6.45, 7) is 8.90. The minimum absolute atomic E-state index is 0.547. The molecule has 0 bridgehead atoms. The lowest BCUT2D eigenvalue weighted by molar-refractivity contribution is 0.325. The molecule has 1 fully saturated rings. The molecule has 4 heteroatoms. The molecular formula is C15H22BrClN2. The van der Waals surface area contributed by atoms with Gasteiger partial charge in [-0.1, -0.05) is 32.4 Å². The Hall–Kier alpha value is -0.250. The van der Waals surface area contributed by atoms with Crippen LogP contribution in [-0.2, 0) is 0 Å². The van der Waals surface area contributed by atoms with Crippen LogP contribution in [0, 0.1) is 5.92 Å². The van der Waals surface area contributed by atoms with Crippen molar-refractivity contribution < 1.29 is 0 Å². The summed E-state index contributed by atoms with van der Waals surface area (Å²) < 4.78 is 1.09. The predicted molar refractivity (Wildman–Crippen MR) is 87.2 cm³/mol. The smallest absolute Gasteiger partial charge is 0.0515 e. The number of hydrogen-bond donors (Lipinski definition) is 1. The lowest BCUT2D eigenvalue weighted by Crippen LogP contribution is -2.58. The third-order valence-electron chi connectivity index (χ3n) is 3.94. The van der Waals surface area contributed by atoms with Crippen LogP contribution in [0.3, 0.4) is 0 Å². The molecule has 2 unspecified atom stereocenters. The molecule has 106 valence electrons. The summed E-state index contributed by atoms with van der Waals surface area (Å²) in [7, 11) is 0. The first-order valence-corrected chi connectivity index (χ1v) is 8.15. The Kier molecular flexibility index (Phi) is 5.15. The van der Waals surface area contributed by atoms with E-state index in [1.807, 2.05) is 12.1 Å². The number of rotatable bonds is 3. The van der Waals surface area contributed by atoms with Gasteiger partial charge in [-0.3, -0.25) is 0 Å². The number of nitrogens with zero attached hydrogens (tertiary/aromatic N) is 1. The monoisotopic (exact) mass is 344 g/mol. The number of anilines is 1. The van der Waals surface area contributed by atoms with E-state index in [-0.39, 0.29) is 0 Å². The average Bonchev–Trinajstić information content (AvgIpc) is 2.38. The maximum Gasteiger partial charge on any atom is 0.0515 e. The van der Waals surface area contributed by atoms with Crippen molar-refractivity contribution in [3.63, 3.8) is 0 Å². The molecule has 1 aromatic carbocycles. The lowest BCUT2D eigenvalue weighted by atomic mass is 9.98. The van der Waals surface area contributed by atoms with Crippen LogP contribution in [0.2, 0.25) is 5.02 Å². The fourth-order valence-electron chi connectivity index (χ4n) is 2.64. The van der Waals surface area contributed by atoms with E-state index in [1.54, 1.807) is 0 Å². The zero-order chi connectivity index (χ0) is 14.0. The van der Waals surface area contributed by atoms with Gasteiger partial charge in [0.05, 0.1) is 5.69 Å². The van der Waals surface area contributed by atoms with Crippen molar-refractivity contribution in [3.05, 3.63) is 27.7 Å². The second kappa shape index (κ2) is 6.47. The summed E-state index contributed by atoms with van der Waals surface area (Å²) in [5.41, 5.74) is 1.25. The van der Waals surface area contributed by atoms with Crippen LogP contribution in [0.1, 0.15) is 27.2 Å². The molecule has 0 aromatic heterocycles. The normalized spacial score (nSPS) is 24.0. The molecule has 0 aliphatic carbocycles. The Labute approximate surface area is 129 Å². The highest BCUT2D eigenvalue weighted by Crippen LogP contribution is 2.32. The molecule has 0 radical (unpaired) electrons. The largest absolute Gasteiger partial charge is 0.365 e. The highest BCUT2D eigenvalue weighted by atomic mass is 79.9. The predicted octanol–water partition coefficient (Wildman–Crippen LogP) is 4.32. The van der Waals surface area contributed by atoms with Crippen LogP contribution < -0.4 is 10.2 Å². The third kappa shape index (κ3) is 3.45. The van der Waals surface area contributed by atoms with Gasteiger partial charge in [-0.25, -0.2) is 0 Å². The summed E-state index contributed by atoms with van der Waals surface area (Å²) in [6.07, 6.45) is 1.15. The molecule has 2 atom stereocenters. The lowest BCUT2D eigenvalue weighted by Gasteiger charge is -2.43. The minimum Gasteiger partial charge on any atom is -0.365 e. The Morgan fingerprint density at radius 2 is 2.21 bits per heavy atom. The van der Waals surface area contributed by atoms with Gasteiger partial charge in [-0.15, -0.1) is 0 Å². The van der Waals surface area contributed by atoms with Crippen molar-refractivity contribution in [2.45, 2.75) is 39.3 Å². The van der Waals surface area contributed by atoms with E-state index in [4.69, 9.17) is 11.6 Å². The summed E-state index contributed by atoms with van der Waals surface area (Å²) in [5.74, 6) is 0.645. The van der Waals surface area contributed by atoms with E-state index < -0.39 is 0 Å². The number of benzene rings is 1. The molecular weight excluding hydrogens is 324 g/mol. The van der Waals surface area contributed by atoms with Crippen molar-refractivity contribution in [1.82, 2.24) is 5.32 Å². The first-order valence-electron chi connectivity index (χ1n) is 6.98. The maximum atomic E-state index is 6.04. The molecule has 1 saturated heterocycles. The fraction of sp³-hybridized carbons (Fsp3) is 0.600. The zero-order valence-corrected chi connectivity index (χ0v) is 14.1. The summed E-state index contributed by atoms with van der Waals surface area (Å²) in [5, 5.41) is 4.44. The quantitative estimate of drug-likeness (QED) is 0.878. The average molecular weight is 346 g/mol. The Balaban J connectivity index is 2.27. The molecule has 1 N–H and O–H groups in total. The summed E-state index contributed by atoms with van der Waals surface area (Å²) in [6, 6.07) is 7.17. The van der Waals surface area contributed by atoms with Gasteiger partial charge in [0.2, 0.25) is 0 Å². The summed E-state index contributed by atoms with van der Waals surface area (Å²) in [4.78, 5) is 2.52. The first-order chi connectivity index (χ1) is 9.02. The Morgan fingerprint density at radius 1 is 1.47 bits per heavy atom. The van der Waals surface area contributed by atoms with Crippen LogP contribution in [0.4, 0.5) is 5.69 Å². The molecule has 19 heavy (non-hydrogen) atoms. The Morgan fingerprint density at radius 3 is 2.79 bits per heavy atom. The van der Waals surface area contributed by atoms with Crippen molar-refractivity contribution in [2.24, 2.45) is 5.92 Å². The van der Waals surface area contributed by atoms with E-state index in [9.17, 15) is 0 Å². The molecule has 1 heterocycles. The molecule has 0 saturated carbocycles. The van der Waals surface area contributed by atoms with Crippen molar-refractivity contribution in [2.75, 3.05) is 18.0 Å².